The minimum absolute atomic E-state index is 0.433. The summed E-state index contributed by atoms with van der Waals surface area (Å²) in [6.07, 6.45) is 0.654. The molecule has 16 heavy (non-hydrogen) atoms. The van der Waals surface area contributed by atoms with Crippen molar-refractivity contribution in [1.29, 1.82) is 0 Å². The average Bonchev–Trinajstić information content (AvgIpc) is 2.26. The largest absolute Gasteiger partial charge is 0.479 e. The van der Waals surface area contributed by atoms with E-state index in [1.54, 1.807) is 12.1 Å². The van der Waals surface area contributed by atoms with Crippen molar-refractivity contribution in [1.82, 2.24) is 0 Å². The van der Waals surface area contributed by atoms with Crippen LogP contribution in [0.3, 0.4) is 0 Å². The van der Waals surface area contributed by atoms with Crippen molar-refractivity contribution >= 4 is 23.3 Å². The Kier molecular flexibility index (Phi) is 4.79. The van der Waals surface area contributed by atoms with Gasteiger partial charge in [-0.2, -0.15) is 0 Å². The van der Waals surface area contributed by atoms with Gasteiger partial charge in [0.2, 0.25) is 6.61 Å². The van der Waals surface area contributed by atoms with Crippen LogP contribution in [-0.4, -0.2) is 23.4 Å². The van der Waals surface area contributed by atoms with Gasteiger partial charge in [-0.3, -0.25) is 0 Å². The Bertz CT molecular complexity index is 387. The van der Waals surface area contributed by atoms with Gasteiger partial charge < -0.3 is 9.94 Å². The number of carbonyl (C=O) groups is 1. The molecule has 0 atom stereocenters. The van der Waals surface area contributed by atoms with Gasteiger partial charge in [0.1, 0.15) is 0 Å². The van der Waals surface area contributed by atoms with E-state index in [1.165, 1.54) is 0 Å². The third-order valence-corrected chi connectivity index (χ3v) is 2.13. The summed E-state index contributed by atoms with van der Waals surface area (Å²) in [5.41, 5.74) is 1.57. The molecule has 1 N–H and O–H groups in total. The predicted molar refractivity (Wildman–Crippen MR) is 61.9 cm³/mol. The summed E-state index contributed by atoms with van der Waals surface area (Å²) in [4.78, 5) is 14.9. The number of benzene rings is 1. The van der Waals surface area contributed by atoms with Crippen LogP contribution in [-0.2, 0) is 9.63 Å². The Morgan fingerprint density at radius 2 is 2.06 bits per heavy atom. The molecule has 1 aromatic carbocycles. The molecular formula is C11H12ClNO3. The first-order valence-corrected chi connectivity index (χ1v) is 5.18. The zero-order valence-corrected chi connectivity index (χ0v) is 9.57. The van der Waals surface area contributed by atoms with Crippen LogP contribution in [0.4, 0.5) is 0 Å². The van der Waals surface area contributed by atoms with Crippen molar-refractivity contribution in [2.24, 2.45) is 5.16 Å². The van der Waals surface area contributed by atoms with E-state index >= 15 is 0 Å². The highest BCUT2D eigenvalue weighted by molar-refractivity contribution is 6.30. The normalized spacial score (nSPS) is 11.2. The van der Waals surface area contributed by atoms with Gasteiger partial charge >= 0.3 is 5.97 Å². The standard InChI is InChI=1S/C11H12ClNO3/c1-2-10(13-16-7-11(14)15)8-3-5-9(12)6-4-8/h3-6H,2,7H2,1H3,(H,14,15). The fourth-order valence-electron chi connectivity index (χ4n) is 1.13. The van der Waals surface area contributed by atoms with Gasteiger partial charge in [-0.05, 0) is 24.1 Å². The van der Waals surface area contributed by atoms with Gasteiger partial charge in [-0.15, -0.1) is 0 Å². The average molecular weight is 242 g/mol. The van der Waals surface area contributed by atoms with E-state index in [-0.39, 0.29) is 0 Å². The Labute approximate surface area is 98.5 Å². The quantitative estimate of drug-likeness (QED) is 0.637. The highest BCUT2D eigenvalue weighted by Gasteiger charge is 2.02. The molecule has 4 nitrogen and oxygen atoms in total. The zero-order valence-electron chi connectivity index (χ0n) is 8.81. The number of hydrogen-bond acceptors (Lipinski definition) is 3. The molecule has 1 aromatic rings. The van der Waals surface area contributed by atoms with E-state index in [1.807, 2.05) is 19.1 Å². The molecule has 0 amide bonds. The summed E-state index contributed by atoms with van der Waals surface area (Å²) in [5, 5.41) is 12.8. The summed E-state index contributed by atoms with van der Waals surface area (Å²) in [7, 11) is 0. The van der Waals surface area contributed by atoms with Crippen LogP contribution in [0.15, 0.2) is 29.4 Å². The van der Waals surface area contributed by atoms with Crippen molar-refractivity contribution in [3.05, 3.63) is 34.9 Å². The molecular weight excluding hydrogens is 230 g/mol. The molecule has 0 aliphatic rings. The summed E-state index contributed by atoms with van der Waals surface area (Å²) >= 11 is 5.76. The number of carboxylic acid groups (broad SMARTS) is 1. The van der Waals surface area contributed by atoms with E-state index in [0.29, 0.717) is 17.2 Å². The van der Waals surface area contributed by atoms with Gasteiger partial charge in [0.05, 0.1) is 5.71 Å². The second kappa shape index (κ2) is 6.12. The molecule has 0 saturated heterocycles. The van der Waals surface area contributed by atoms with Crippen molar-refractivity contribution in [3.63, 3.8) is 0 Å². The lowest BCUT2D eigenvalue weighted by Crippen LogP contribution is -2.06. The lowest BCUT2D eigenvalue weighted by Gasteiger charge is -2.03. The van der Waals surface area contributed by atoms with Crippen LogP contribution >= 0.6 is 11.6 Å². The second-order valence-corrected chi connectivity index (χ2v) is 3.50. The molecule has 0 saturated carbocycles. The van der Waals surface area contributed by atoms with E-state index in [4.69, 9.17) is 16.7 Å². The highest BCUT2D eigenvalue weighted by Crippen LogP contribution is 2.11. The van der Waals surface area contributed by atoms with Gasteiger partial charge in [-0.25, -0.2) is 4.79 Å². The third kappa shape index (κ3) is 3.90. The Morgan fingerprint density at radius 1 is 1.44 bits per heavy atom. The second-order valence-electron chi connectivity index (χ2n) is 3.07. The number of carboxylic acids is 1. The van der Waals surface area contributed by atoms with Crippen molar-refractivity contribution in [3.8, 4) is 0 Å². The topological polar surface area (TPSA) is 58.9 Å². The Morgan fingerprint density at radius 3 is 2.56 bits per heavy atom. The highest BCUT2D eigenvalue weighted by atomic mass is 35.5. The summed E-state index contributed by atoms with van der Waals surface area (Å²) in [6.45, 7) is 1.48. The van der Waals surface area contributed by atoms with E-state index < -0.39 is 12.6 Å². The molecule has 86 valence electrons. The fraction of sp³-hybridized carbons (Fsp3) is 0.273. The first-order chi connectivity index (χ1) is 7.63. The maximum atomic E-state index is 10.2. The zero-order chi connectivity index (χ0) is 12.0. The molecule has 0 bridgehead atoms. The Hall–Kier alpha value is -1.55. The maximum absolute atomic E-state index is 10.2. The molecule has 1 rings (SSSR count). The number of aliphatic carboxylic acids is 1. The molecule has 0 unspecified atom stereocenters. The number of halogens is 1. The molecule has 0 aromatic heterocycles. The van der Waals surface area contributed by atoms with Crippen LogP contribution in [0.25, 0.3) is 0 Å². The van der Waals surface area contributed by atoms with Gasteiger partial charge in [0, 0.05) is 5.02 Å². The minimum Gasteiger partial charge on any atom is -0.479 e. The van der Waals surface area contributed by atoms with Gasteiger partial charge in [0.25, 0.3) is 0 Å². The number of rotatable bonds is 5. The summed E-state index contributed by atoms with van der Waals surface area (Å²) in [6, 6.07) is 7.13. The Balaban J connectivity index is 2.73. The lowest BCUT2D eigenvalue weighted by atomic mass is 10.1. The van der Waals surface area contributed by atoms with Gasteiger partial charge in [0.15, 0.2) is 0 Å². The van der Waals surface area contributed by atoms with Crippen molar-refractivity contribution < 1.29 is 14.7 Å². The molecule has 0 aliphatic carbocycles. The SMILES string of the molecule is CCC(=NOCC(=O)O)c1ccc(Cl)cc1. The van der Waals surface area contributed by atoms with Crippen LogP contribution in [0.2, 0.25) is 5.02 Å². The first kappa shape index (κ1) is 12.5. The van der Waals surface area contributed by atoms with E-state index in [0.717, 1.165) is 5.56 Å². The molecule has 0 aliphatic heterocycles. The summed E-state index contributed by atoms with van der Waals surface area (Å²) < 4.78 is 0. The fourth-order valence-corrected chi connectivity index (χ4v) is 1.26. The van der Waals surface area contributed by atoms with Crippen LogP contribution in [0.1, 0.15) is 18.9 Å². The number of oxime groups is 1. The molecule has 5 heteroatoms. The number of hydrogen-bond donors (Lipinski definition) is 1. The molecule has 0 heterocycles. The van der Waals surface area contributed by atoms with E-state index in [9.17, 15) is 4.79 Å². The van der Waals surface area contributed by atoms with Crippen LogP contribution in [0, 0.1) is 0 Å². The smallest absolute Gasteiger partial charge is 0.344 e. The summed E-state index contributed by atoms with van der Waals surface area (Å²) in [5.74, 6) is -1.05. The number of nitrogens with zero attached hydrogens (tertiary/aromatic N) is 1. The maximum Gasteiger partial charge on any atom is 0.344 e. The van der Waals surface area contributed by atoms with Crippen LogP contribution in [0.5, 0.6) is 0 Å². The van der Waals surface area contributed by atoms with Crippen molar-refractivity contribution in [2.75, 3.05) is 6.61 Å². The molecule has 0 radical (unpaired) electrons. The molecule has 0 spiro atoms. The monoisotopic (exact) mass is 241 g/mol. The van der Waals surface area contributed by atoms with E-state index in [2.05, 4.69) is 9.99 Å². The first-order valence-electron chi connectivity index (χ1n) is 4.80. The van der Waals surface area contributed by atoms with Gasteiger partial charge in [-0.1, -0.05) is 35.8 Å². The predicted octanol–water partition coefficient (Wildman–Crippen LogP) is 2.56. The molecule has 0 fully saturated rings. The minimum atomic E-state index is -1.05. The third-order valence-electron chi connectivity index (χ3n) is 1.88. The van der Waals surface area contributed by atoms with Crippen LogP contribution < -0.4 is 0 Å². The lowest BCUT2D eigenvalue weighted by molar-refractivity contribution is -0.142. The van der Waals surface area contributed by atoms with Crippen molar-refractivity contribution in [2.45, 2.75) is 13.3 Å².